The Morgan fingerprint density at radius 2 is 2.14 bits per heavy atom. The van der Waals surface area contributed by atoms with Gasteiger partial charge in [-0.1, -0.05) is 23.7 Å². The largest absolute Gasteiger partial charge is 0.206 e. The van der Waals surface area contributed by atoms with Crippen LogP contribution in [0.15, 0.2) is 24.3 Å². The molecule has 1 aromatic carbocycles. The summed E-state index contributed by atoms with van der Waals surface area (Å²) in [4.78, 5) is 0. The summed E-state index contributed by atoms with van der Waals surface area (Å²) in [6.45, 7) is 0. The second-order valence-electron chi connectivity index (χ2n) is 3.34. The highest BCUT2D eigenvalue weighted by Crippen LogP contribution is 2.35. The van der Waals surface area contributed by atoms with Crippen molar-refractivity contribution in [1.82, 2.24) is 0 Å². The molecule has 0 saturated carbocycles. The van der Waals surface area contributed by atoms with Gasteiger partial charge in [0.15, 0.2) is 0 Å². The third-order valence-electron chi connectivity index (χ3n) is 2.36. The van der Waals surface area contributed by atoms with Gasteiger partial charge in [-0.2, -0.15) is 0 Å². The van der Waals surface area contributed by atoms with E-state index < -0.39 is 0 Å². The summed E-state index contributed by atoms with van der Waals surface area (Å²) in [6.07, 6.45) is 3.54. The van der Waals surface area contributed by atoms with Crippen LogP contribution in [0.4, 0.5) is 4.39 Å². The Hall–Kier alpha value is -0.530. The SMILES string of the molecule is Fc1cccc(Cl)c1C1=CC(Cl)CC1. The van der Waals surface area contributed by atoms with E-state index in [9.17, 15) is 4.39 Å². The van der Waals surface area contributed by atoms with E-state index in [-0.39, 0.29) is 11.2 Å². The first-order chi connectivity index (χ1) is 6.68. The van der Waals surface area contributed by atoms with Crippen LogP contribution in [0.2, 0.25) is 5.02 Å². The zero-order valence-electron chi connectivity index (χ0n) is 7.43. The minimum atomic E-state index is -0.269. The summed E-state index contributed by atoms with van der Waals surface area (Å²) in [7, 11) is 0. The third-order valence-corrected chi connectivity index (χ3v) is 3.01. The van der Waals surface area contributed by atoms with E-state index in [1.807, 2.05) is 6.08 Å². The van der Waals surface area contributed by atoms with E-state index in [0.29, 0.717) is 10.6 Å². The molecule has 1 aromatic rings. The summed E-state index contributed by atoms with van der Waals surface area (Å²) < 4.78 is 13.5. The maximum Gasteiger partial charge on any atom is 0.132 e. The Morgan fingerprint density at radius 1 is 1.36 bits per heavy atom. The third kappa shape index (κ3) is 1.79. The molecule has 74 valence electrons. The molecule has 0 heterocycles. The van der Waals surface area contributed by atoms with E-state index in [1.54, 1.807) is 12.1 Å². The van der Waals surface area contributed by atoms with Crippen LogP contribution in [0.25, 0.3) is 5.57 Å². The Kier molecular flexibility index (Phi) is 2.80. The maximum atomic E-state index is 13.5. The van der Waals surface area contributed by atoms with E-state index in [0.717, 1.165) is 18.4 Å². The van der Waals surface area contributed by atoms with Crippen LogP contribution in [0.5, 0.6) is 0 Å². The molecule has 0 saturated heterocycles. The standard InChI is InChI=1S/C11H9Cl2F/c12-8-5-4-7(6-8)11-9(13)2-1-3-10(11)14/h1-3,6,8H,4-5H2. The lowest BCUT2D eigenvalue weighted by atomic mass is 10.1. The van der Waals surface area contributed by atoms with E-state index >= 15 is 0 Å². The number of halogens is 3. The molecular weight excluding hydrogens is 222 g/mol. The van der Waals surface area contributed by atoms with E-state index in [1.165, 1.54) is 6.07 Å². The van der Waals surface area contributed by atoms with Gasteiger partial charge in [0.1, 0.15) is 5.82 Å². The molecule has 1 atom stereocenters. The molecule has 0 fully saturated rings. The van der Waals surface area contributed by atoms with Crippen LogP contribution in [0.1, 0.15) is 18.4 Å². The van der Waals surface area contributed by atoms with Crippen LogP contribution < -0.4 is 0 Å². The van der Waals surface area contributed by atoms with Crippen LogP contribution in [-0.2, 0) is 0 Å². The van der Waals surface area contributed by atoms with Crippen molar-refractivity contribution in [3.05, 3.63) is 40.7 Å². The van der Waals surface area contributed by atoms with Gasteiger partial charge in [-0.15, -0.1) is 11.6 Å². The van der Waals surface area contributed by atoms with Crippen molar-refractivity contribution in [2.75, 3.05) is 0 Å². The zero-order valence-corrected chi connectivity index (χ0v) is 8.95. The minimum absolute atomic E-state index is 0.0145. The van der Waals surface area contributed by atoms with Crippen molar-refractivity contribution in [3.63, 3.8) is 0 Å². The summed E-state index contributed by atoms with van der Waals surface area (Å²) in [5.41, 5.74) is 1.44. The normalized spacial score (nSPS) is 21.1. The topological polar surface area (TPSA) is 0 Å². The van der Waals surface area contributed by atoms with Crippen LogP contribution in [-0.4, -0.2) is 5.38 Å². The number of alkyl halides is 1. The molecule has 0 N–H and O–H groups in total. The van der Waals surface area contributed by atoms with Gasteiger partial charge in [-0.3, -0.25) is 0 Å². The van der Waals surface area contributed by atoms with Gasteiger partial charge < -0.3 is 0 Å². The molecule has 0 amide bonds. The number of benzene rings is 1. The van der Waals surface area contributed by atoms with E-state index in [4.69, 9.17) is 23.2 Å². The van der Waals surface area contributed by atoms with Crippen LogP contribution in [0.3, 0.4) is 0 Å². The van der Waals surface area contributed by atoms with Gasteiger partial charge in [-0.25, -0.2) is 4.39 Å². The van der Waals surface area contributed by atoms with Gasteiger partial charge >= 0.3 is 0 Å². The summed E-state index contributed by atoms with van der Waals surface area (Å²) in [5.74, 6) is -0.269. The Labute approximate surface area is 92.3 Å². The highest BCUT2D eigenvalue weighted by Gasteiger charge is 2.19. The number of hydrogen-bond acceptors (Lipinski definition) is 0. The lowest BCUT2D eigenvalue weighted by molar-refractivity contribution is 0.623. The van der Waals surface area contributed by atoms with Gasteiger partial charge in [0.25, 0.3) is 0 Å². The summed E-state index contributed by atoms with van der Waals surface area (Å²) in [5, 5.41) is 0.475. The number of rotatable bonds is 1. The van der Waals surface area contributed by atoms with Gasteiger partial charge in [0.2, 0.25) is 0 Å². The molecule has 0 nitrogen and oxygen atoms in total. The highest BCUT2D eigenvalue weighted by atomic mass is 35.5. The van der Waals surface area contributed by atoms with Crippen molar-refractivity contribution in [3.8, 4) is 0 Å². The predicted molar refractivity (Wildman–Crippen MR) is 58.3 cm³/mol. The number of hydrogen-bond donors (Lipinski definition) is 0. The highest BCUT2D eigenvalue weighted by molar-refractivity contribution is 6.32. The molecule has 0 bridgehead atoms. The molecule has 14 heavy (non-hydrogen) atoms. The van der Waals surface area contributed by atoms with Crippen molar-refractivity contribution in [2.24, 2.45) is 0 Å². The lowest BCUT2D eigenvalue weighted by Crippen LogP contribution is -1.88. The van der Waals surface area contributed by atoms with Crippen molar-refractivity contribution in [1.29, 1.82) is 0 Å². The van der Waals surface area contributed by atoms with Gasteiger partial charge in [-0.05, 0) is 30.5 Å². The monoisotopic (exact) mass is 230 g/mol. The Bertz CT molecular complexity index is 365. The molecule has 1 aliphatic carbocycles. The molecule has 2 rings (SSSR count). The van der Waals surface area contributed by atoms with Gasteiger partial charge in [0, 0.05) is 5.56 Å². The smallest absolute Gasteiger partial charge is 0.132 e. The molecule has 1 unspecified atom stereocenters. The molecule has 3 heteroatoms. The zero-order chi connectivity index (χ0) is 10.1. The molecule has 0 spiro atoms. The predicted octanol–water partition coefficient (Wildman–Crippen LogP) is 4.26. The first kappa shape index (κ1) is 10.0. The maximum absolute atomic E-state index is 13.5. The lowest BCUT2D eigenvalue weighted by Gasteiger charge is -2.05. The average molecular weight is 231 g/mol. The fraction of sp³-hybridized carbons (Fsp3) is 0.273. The molecule has 0 aromatic heterocycles. The first-order valence-electron chi connectivity index (χ1n) is 4.47. The molecule has 1 aliphatic rings. The second kappa shape index (κ2) is 3.92. The fourth-order valence-corrected chi connectivity index (χ4v) is 2.24. The average Bonchev–Trinajstić information content (AvgIpc) is 2.51. The first-order valence-corrected chi connectivity index (χ1v) is 5.29. The fourth-order valence-electron chi connectivity index (χ4n) is 1.69. The van der Waals surface area contributed by atoms with Crippen molar-refractivity contribution >= 4 is 28.8 Å². The van der Waals surface area contributed by atoms with Crippen LogP contribution in [0, 0.1) is 5.82 Å². The van der Waals surface area contributed by atoms with E-state index in [2.05, 4.69) is 0 Å². The Balaban J connectivity index is 2.46. The quantitative estimate of drug-likeness (QED) is 0.633. The molecule has 0 radical (unpaired) electrons. The number of allylic oxidation sites excluding steroid dienone is 2. The van der Waals surface area contributed by atoms with Gasteiger partial charge in [0.05, 0.1) is 10.4 Å². The van der Waals surface area contributed by atoms with Crippen molar-refractivity contribution < 1.29 is 4.39 Å². The molecular formula is C11H9Cl2F. The second-order valence-corrected chi connectivity index (χ2v) is 4.31. The van der Waals surface area contributed by atoms with Crippen LogP contribution >= 0.6 is 23.2 Å². The van der Waals surface area contributed by atoms with Crippen molar-refractivity contribution in [2.45, 2.75) is 18.2 Å². The summed E-state index contributed by atoms with van der Waals surface area (Å²) >= 11 is 11.9. The minimum Gasteiger partial charge on any atom is -0.206 e. The Morgan fingerprint density at radius 3 is 2.71 bits per heavy atom. The summed E-state index contributed by atoms with van der Waals surface area (Å²) in [6, 6.07) is 4.72. The molecule has 0 aliphatic heterocycles.